The summed E-state index contributed by atoms with van der Waals surface area (Å²) in [5, 5.41) is 8.04. The molecule has 162 valence electrons. The number of nitrogens with one attached hydrogen (secondary N) is 3. The zero-order chi connectivity index (χ0) is 20.6. The molecule has 6 nitrogen and oxygen atoms in total. The zero-order valence-corrected chi connectivity index (χ0v) is 20.4. The van der Waals surface area contributed by atoms with Crippen molar-refractivity contribution in [3.63, 3.8) is 0 Å². The lowest BCUT2D eigenvalue weighted by molar-refractivity contribution is 0.398. The molecule has 0 spiro atoms. The molecule has 0 aliphatic rings. The average Bonchev–Trinajstić information content (AvgIpc) is 3.14. The lowest BCUT2D eigenvalue weighted by atomic mass is 10.1. The predicted molar refractivity (Wildman–Crippen MR) is 135 cm³/mol. The van der Waals surface area contributed by atoms with Gasteiger partial charge in [0.05, 0.1) is 14.2 Å². The highest BCUT2D eigenvalue weighted by Gasteiger charge is 2.07. The smallest absolute Gasteiger partial charge is 0.190 e. The van der Waals surface area contributed by atoms with E-state index in [9.17, 15) is 0 Å². The van der Waals surface area contributed by atoms with Crippen molar-refractivity contribution in [1.82, 2.24) is 15.6 Å². The summed E-state index contributed by atoms with van der Waals surface area (Å²) in [6.45, 7) is 3.66. The molecule has 0 bridgehead atoms. The normalized spacial score (nSPS) is 11.1. The number of aromatic amines is 1. The fourth-order valence-corrected chi connectivity index (χ4v) is 3.44. The van der Waals surface area contributed by atoms with Crippen molar-refractivity contribution >= 4 is 40.8 Å². The molecule has 0 fully saturated rings. The predicted octanol–water partition coefficient (Wildman–Crippen LogP) is 4.06. The van der Waals surface area contributed by atoms with Crippen LogP contribution in [0.4, 0.5) is 0 Å². The van der Waals surface area contributed by atoms with Crippen molar-refractivity contribution in [1.29, 1.82) is 0 Å². The van der Waals surface area contributed by atoms with Gasteiger partial charge in [0.1, 0.15) is 11.5 Å². The number of hydrogen-bond donors (Lipinski definition) is 3. The molecule has 0 aliphatic heterocycles. The first-order chi connectivity index (χ1) is 14.1. The van der Waals surface area contributed by atoms with Gasteiger partial charge in [-0.15, -0.1) is 24.0 Å². The number of hydrogen-bond acceptors (Lipinski definition) is 3. The maximum atomic E-state index is 5.45. The molecule has 3 rings (SSSR count). The topological polar surface area (TPSA) is 70.7 Å². The first kappa shape index (κ1) is 23.9. The van der Waals surface area contributed by atoms with Gasteiger partial charge in [-0.05, 0) is 60.7 Å². The number of aryl methyl sites for hydroxylation is 1. The highest BCUT2D eigenvalue weighted by molar-refractivity contribution is 14.0. The summed E-state index contributed by atoms with van der Waals surface area (Å²) >= 11 is 0. The van der Waals surface area contributed by atoms with Crippen LogP contribution in [0, 0.1) is 6.92 Å². The fraction of sp³-hybridized carbons (Fsp3) is 0.348. The Kier molecular flexibility index (Phi) is 9.29. The van der Waals surface area contributed by atoms with Crippen molar-refractivity contribution in [2.45, 2.75) is 19.8 Å². The van der Waals surface area contributed by atoms with Crippen LogP contribution in [0.25, 0.3) is 10.9 Å². The van der Waals surface area contributed by atoms with Crippen LogP contribution in [0.2, 0.25) is 0 Å². The third kappa shape index (κ3) is 6.04. The summed E-state index contributed by atoms with van der Waals surface area (Å²) in [4.78, 5) is 7.68. The second kappa shape index (κ2) is 11.7. The summed E-state index contributed by atoms with van der Waals surface area (Å²) in [5.41, 5.74) is 4.86. The fourth-order valence-electron chi connectivity index (χ4n) is 3.44. The van der Waals surface area contributed by atoms with E-state index in [4.69, 9.17) is 9.47 Å². The van der Waals surface area contributed by atoms with Crippen LogP contribution in [0.5, 0.6) is 11.5 Å². The van der Waals surface area contributed by atoms with E-state index in [1.165, 1.54) is 22.0 Å². The number of aliphatic imine (C=N–C) groups is 1. The van der Waals surface area contributed by atoms with Crippen LogP contribution >= 0.6 is 24.0 Å². The molecular formula is C23H31IN4O2. The van der Waals surface area contributed by atoms with Crippen molar-refractivity contribution in [2.75, 3.05) is 34.4 Å². The maximum Gasteiger partial charge on any atom is 0.190 e. The van der Waals surface area contributed by atoms with Crippen molar-refractivity contribution < 1.29 is 9.47 Å². The third-order valence-electron chi connectivity index (χ3n) is 5.01. The van der Waals surface area contributed by atoms with E-state index < -0.39 is 0 Å². The molecule has 3 aromatic rings. The number of guanidine groups is 1. The van der Waals surface area contributed by atoms with E-state index in [2.05, 4.69) is 51.9 Å². The van der Waals surface area contributed by atoms with Crippen molar-refractivity contribution in [3.05, 3.63) is 59.3 Å². The SMILES string of the molecule is CN=C(NCCc1cc(OC)ccc1OC)NCCc1c[nH]c2cc(C)ccc12.I. The van der Waals surface area contributed by atoms with Gasteiger partial charge in [0.15, 0.2) is 5.96 Å². The highest BCUT2D eigenvalue weighted by atomic mass is 127. The summed E-state index contributed by atoms with van der Waals surface area (Å²) < 4.78 is 10.8. The van der Waals surface area contributed by atoms with Gasteiger partial charge < -0.3 is 25.1 Å². The van der Waals surface area contributed by atoms with Gasteiger partial charge >= 0.3 is 0 Å². The first-order valence-corrected chi connectivity index (χ1v) is 9.86. The van der Waals surface area contributed by atoms with Crippen LogP contribution in [0.1, 0.15) is 16.7 Å². The Morgan fingerprint density at radius 3 is 2.37 bits per heavy atom. The van der Waals surface area contributed by atoms with Gasteiger partial charge in [-0.1, -0.05) is 12.1 Å². The summed E-state index contributed by atoms with van der Waals surface area (Å²) in [5.74, 6) is 2.49. The van der Waals surface area contributed by atoms with Gasteiger partial charge in [0.25, 0.3) is 0 Å². The number of rotatable bonds is 8. The van der Waals surface area contributed by atoms with E-state index in [1.807, 2.05) is 18.2 Å². The van der Waals surface area contributed by atoms with Crippen LogP contribution in [-0.2, 0) is 12.8 Å². The van der Waals surface area contributed by atoms with Crippen molar-refractivity contribution in [3.8, 4) is 11.5 Å². The molecule has 0 aliphatic carbocycles. The van der Waals surface area contributed by atoms with Crippen molar-refractivity contribution in [2.24, 2.45) is 4.99 Å². The van der Waals surface area contributed by atoms with E-state index in [0.717, 1.165) is 49.0 Å². The number of H-pyrrole nitrogens is 1. The molecule has 0 radical (unpaired) electrons. The van der Waals surface area contributed by atoms with E-state index in [0.29, 0.717) is 0 Å². The monoisotopic (exact) mass is 522 g/mol. The molecular weight excluding hydrogens is 491 g/mol. The zero-order valence-electron chi connectivity index (χ0n) is 18.0. The standard InChI is InChI=1S/C23H30N4O2.HI/c1-16-5-7-20-18(15-27-21(20)13-16)10-12-26-23(24-2)25-11-9-17-14-19(28-3)6-8-22(17)29-4;/h5-8,13-15,27H,9-12H2,1-4H3,(H2,24,25,26);1H. The van der Waals surface area contributed by atoms with E-state index in [-0.39, 0.29) is 24.0 Å². The van der Waals surface area contributed by atoms with Gasteiger partial charge in [-0.2, -0.15) is 0 Å². The molecule has 3 N–H and O–H groups in total. The maximum absolute atomic E-state index is 5.45. The largest absolute Gasteiger partial charge is 0.497 e. The molecule has 0 unspecified atom stereocenters. The second-order valence-electron chi connectivity index (χ2n) is 6.97. The van der Waals surface area contributed by atoms with Gasteiger partial charge in [0.2, 0.25) is 0 Å². The molecule has 0 atom stereocenters. The molecule has 2 aromatic carbocycles. The number of nitrogens with zero attached hydrogens (tertiary/aromatic N) is 1. The number of methoxy groups -OCH3 is 2. The second-order valence-corrected chi connectivity index (χ2v) is 6.97. The van der Waals surface area contributed by atoms with Gasteiger partial charge in [0, 0.05) is 37.2 Å². The summed E-state index contributed by atoms with van der Waals surface area (Å²) in [7, 11) is 5.14. The summed E-state index contributed by atoms with van der Waals surface area (Å²) in [6, 6.07) is 12.4. The number of aromatic nitrogens is 1. The summed E-state index contributed by atoms with van der Waals surface area (Å²) in [6.07, 6.45) is 3.83. The molecule has 0 saturated carbocycles. The Balaban J connectivity index is 0.00000320. The lowest BCUT2D eigenvalue weighted by Crippen LogP contribution is -2.39. The third-order valence-corrected chi connectivity index (χ3v) is 5.01. The average molecular weight is 522 g/mol. The number of benzene rings is 2. The molecule has 7 heteroatoms. The van der Waals surface area contributed by atoms with E-state index in [1.54, 1.807) is 21.3 Å². The van der Waals surface area contributed by atoms with Crippen LogP contribution in [0.3, 0.4) is 0 Å². The number of fused-ring (bicyclic) bond motifs is 1. The van der Waals surface area contributed by atoms with Crippen LogP contribution < -0.4 is 20.1 Å². The highest BCUT2D eigenvalue weighted by Crippen LogP contribution is 2.24. The minimum Gasteiger partial charge on any atom is -0.497 e. The molecule has 1 aromatic heterocycles. The van der Waals surface area contributed by atoms with Gasteiger partial charge in [-0.25, -0.2) is 0 Å². The molecule has 0 amide bonds. The van der Waals surface area contributed by atoms with Crippen LogP contribution in [-0.4, -0.2) is 45.3 Å². The Labute approximate surface area is 195 Å². The first-order valence-electron chi connectivity index (χ1n) is 9.86. The Morgan fingerprint density at radius 2 is 1.70 bits per heavy atom. The van der Waals surface area contributed by atoms with E-state index >= 15 is 0 Å². The minimum absolute atomic E-state index is 0. The Morgan fingerprint density at radius 1 is 0.967 bits per heavy atom. The number of halogens is 1. The number of ether oxygens (including phenoxy) is 2. The molecule has 1 heterocycles. The quantitative estimate of drug-likeness (QED) is 0.237. The lowest BCUT2D eigenvalue weighted by Gasteiger charge is -2.14. The minimum atomic E-state index is 0. The molecule has 0 saturated heterocycles. The molecule has 30 heavy (non-hydrogen) atoms. The Bertz CT molecular complexity index is 984. The van der Waals surface area contributed by atoms with Crippen LogP contribution in [0.15, 0.2) is 47.6 Å². The van der Waals surface area contributed by atoms with Gasteiger partial charge in [-0.3, -0.25) is 4.99 Å². The Hall–Kier alpha value is -2.42.